The van der Waals surface area contributed by atoms with Gasteiger partial charge in [-0.1, -0.05) is 30.3 Å². The number of nitrogens with zero attached hydrogens (tertiary/aromatic N) is 4. The maximum Gasteiger partial charge on any atom is 0.255 e. The first kappa shape index (κ1) is 18.4. The fraction of sp³-hybridized carbons (Fsp3) is 0.318. The molecule has 4 rings (SSSR count). The smallest absolute Gasteiger partial charge is 0.255 e. The minimum absolute atomic E-state index is 0.0773. The molecule has 0 amide bonds. The minimum Gasteiger partial charge on any atom is -0.387 e. The minimum atomic E-state index is -0.673. The summed E-state index contributed by atoms with van der Waals surface area (Å²) in [6.07, 6.45) is 3.51. The van der Waals surface area contributed by atoms with E-state index < -0.39 is 6.10 Å². The molecule has 28 heavy (non-hydrogen) atoms. The predicted octanol–water partition coefficient (Wildman–Crippen LogP) is 3.03. The van der Waals surface area contributed by atoms with Crippen molar-refractivity contribution in [1.82, 2.24) is 14.5 Å². The van der Waals surface area contributed by atoms with Gasteiger partial charge in [0.05, 0.1) is 18.3 Å². The second-order valence-electron chi connectivity index (χ2n) is 7.77. The highest BCUT2D eigenvalue weighted by Gasteiger charge is 2.36. The van der Waals surface area contributed by atoms with E-state index in [-0.39, 0.29) is 11.1 Å². The van der Waals surface area contributed by atoms with Crippen LogP contribution in [0.3, 0.4) is 0 Å². The SMILES string of the molecule is CC1(C)CCn2c(nc(-c3ccncc3)cc2=O)N1C[C@H](O)c1ccccc1. The van der Waals surface area contributed by atoms with E-state index in [2.05, 4.69) is 23.7 Å². The van der Waals surface area contributed by atoms with Crippen molar-refractivity contribution in [1.29, 1.82) is 0 Å². The van der Waals surface area contributed by atoms with Crippen LogP contribution >= 0.6 is 0 Å². The molecule has 0 saturated carbocycles. The Hall–Kier alpha value is -2.99. The number of β-amino-alcohol motifs (C(OH)–C–C–N with tert-alkyl or cyclic N) is 1. The summed E-state index contributed by atoms with van der Waals surface area (Å²) in [4.78, 5) is 23.7. The number of aliphatic hydroxyl groups is 1. The Morgan fingerprint density at radius 2 is 1.86 bits per heavy atom. The van der Waals surface area contributed by atoms with E-state index in [0.29, 0.717) is 24.7 Å². The molecule has 0 radical (unpaired) electrons. The van der Waals surface area contributed by atoms with E-state index in [4.69, 9.17) is 4.98 Å². The fourth-order valence-corrected chi connectivity index (χ4v) is 3.65. The highest BCUT2D eigenvalue weighted by molar-refractivity contribution is 5.60. The molecule has 1 aromatic carbocycles. The van der Waals surface area contributed by atoms with Gasteiger partial charge in [0.25, 0.3) is 5.56 Å². The van der Waals surface area contributed by atoms with Crippen molar-refractivity contribution >= 4 is 5.95 Å². The Morgan fingerprint density at radius 3 is 2.57 bits per heavy atom. The fourth-order valence-electron chi connectivity index (χ4n) is 3.65. The number of fused-ring (bicyclic) bond motifs is 1. The van der Waals surface area contributed by atoms with Crippen LogP contribution in [0.15, 0.2) is 65.7 Å². The maximum atomic E-state index is 12.8. The number of anilines is 1. The number of aliphatic hydroxyl groups excluding tert-OH is 1. The highest BCUT2D eigenvalue weighted by Crippen LogP contribution is 2.33. The lowest BCUT2D eigenvalue weighted by Gasteiger charge is -2.45. The molecule has 0 aliphatic carbocycles. The van der Waals surface area contributed by atoms with E-state index in [1.807, 2.05) is 42.5 Å². The molecular weight excluding hydrogens is 352 g/mol. The summed E-state index contributed by atoms with van der Waals surface area (Å²) in [5, 5.41) is 10.8. The lowest BCUT2D eigenvalue weighted by molar-refractivity contribution is 0.169. The topological polar surface area (TPSA) is 71.2 Å². The maximum absolute atomic E-state index is 12.8. The van der Waals surface area contributed by atoms with Crippen LogP contribution in [0.5, 0.6) is 0 Å². The molecule has 3 heterocycles. The van der Waals surface area contributed by atoms with Gasteiger partial charge in [0, 0.05) is 36.1 Å². The van der Waals surface area contributed by atoms with Crippen LogP contribution in [0.1, 0.15) is 31.9 Å². The molecule has 1 aliphatic rings. The molecule has 1 N–H and O–H groups in total. The average Bonchev–Trinajstić information content (AvgIpc) is 2.71. The normalized spacial score (nSPS) is 16.5. The Bertz CT molecular complexity index is 1020. The molecular formula is C22H24N4O2. The summed E-state index contributed by atoms with van der Waals surface area (Å²) >= 11 is 0. The lowest BCUT2D eigenvalue weighted by Crippen LogP contribution is -2.53. The van der Waals surface area contributed by atoms with Crippen molar-refractivity contribution in [2.45, 2.75) is 38.5 Å². The first-order chi connectivity index (χ1) is 13.5. The van der Waals surface area contributed by atoms with Gasteiger partial charge < -0.3 is 10.0 Å². The van der Waals surface area contributed by atoms with E-state index in [1.165, 1.54) is 0 Å². The molecule has 1 aliphatic heterocycles. The van der Waals surface area contributed by atoms with Gasteiger partial charge in [0.15, 0.2) is 0 Å². The zero-order chi connectivity index (χ0) is 19.7. The molecule has 2 aromatic heterocycles. The van der Waals surface area contributed by atoms with Gasteiger partial charge in [-0.05, 0) is 38.0 Å². The molecule has 6 heteroatoms. The number of pyridine rings is 1. The van der Waals surface area contributed by atoms with Crippen molar-refractivity contribution in [2.24, 2.45) is 0 Å². The van der Waals surface area contributed by atoms with Crippen molar-refractivity contribution in [3.05, 3.63) is 76.8 Å². The van der Waals surface area contributed by atoms with E-state index in [1.54, 1.807) is 23.0 Å². The number of aromatic nitrogens is 3. The van der Waals surface area contributed by atoms with E-state index in [9.17, 15) is 9.90 Å². The molecule has 0 unspecified atom stereocenters. The summed E-state index contributed by atoms with van der Waals surface area (Å²) in [5.41, 5.74) is 2.01. The van der Waals surface area contributed by atoms with Gasteiger partial charge in [-0.15, -0.1) is 0 Å². The van der Waals surface area contributed by atoms with Gasteiger partial charge >= 0.3 is 0 Å². The van der Waals surface area contributed by atoms with Crippen LogP contribution in [-0.4, -0.2) is 31.7 Å². The van der Waals surface area contributed by atoms with Crippen LogP contribution in [-0.2, 0) is 6.54 Å². The van der Waals surface area contributed by atoms with Crippen LogP contribution in [0.4, 0.5) is 5.95 Å². The van der Waals surface area contributed by atoms with Crippen molar-refractivity contribution in [2.75, 3.05) is 11.4 Å². The van der Waals surface area contributed by atoms with Gasteiger partial charge in [-0.2, -0.15) is 0 Å². The molecule has 0 spiro atoms. The zero-order valence-corrected chi connectivity index (χ0v) is 16.1. The second-order valence-corrected chi connectivity index (χ2v) is 7.77. The summed E-state index contributed by atoms with van der Waals surface area (Å²) in [6, 6.07) is 14.8. The molecule has 0 saturated heterocycles. The van der Waals surface area contributed by atoms with E-state index >= 15 is 0 Å². The number of hydrogen-bond acceptors (Lipinski definition) is 5. The largest absolute Gasteiger partial charge is 0.387 e. The molecule has 0 fully saturated rings. The molecule has 1 atom stereocenters. The van der Waals surface area contributed by atoms with Gasteiger partial charge in [-0.25, -0.2) is 4.98 Å². The zero-order valence-electron chi connectivity index (χ0n) is 16.1. The van der Waals surface area contributed by atoms with Crippen molar-refractivity contribution in [3.63, 3.8) is 0 Å². The third-order valence-electron chi connectivity index (χ3n) is 5.42. The molecule has 0 bridgehead atoms. The Labute approximate surface area is 164 Å². The number of rotatable bonds is 4. The predicted molar refractivity (Wildman–Crippen MR) is 109 cm³/mol. The summed E-state index contributed by atoms with van der Waals surface area (Å²) in [6.45, 7) is 5.23. The molecule has 6 nitrogen and oxygen atoms in total. The standard InChI is InChI=1S/C22H24N4O2/c1-22(2)10-13-25-20(28)14-18(16-8-11-23-12-9-16)24-21(25)26(22)15-19(27)17-6-4-3-5-7-17/h3-9,11-12,14,19,27H,10,13,15H2,1-2H3/t19-/m0/s1. The van der Waals surface area contributed by atoms with Gasteiger partial charge in [-0.3, -0.25) is 14.3 Å². The van der Waals surface area contributed by atoms with Crippen LogP contribution < -0.4 is 10.5 Å². The highest BCUT2D eigenvalue weighted by atomic mass is 16.3. The van der Waals surface area contributed by atoms with Gasteiger partial charge in [0.1, 0.15) is 0 Å². The van der Waals surface area contributed by atoms with Crippen molar-refractivity contribution in [3.8, 4) is 11.3 Å². The Balaban J connectivity index is 1.77. The van der Waals surface area contributed by atoms with Crippen molar-refractivity contribution < 1.29 is 5.11 Å². The summed E-state index contributed by atoms with van der Waals surface area (Å²) in [7, 11) is 0. The second kappa shape index (κ2) is 7.20. The lowest BCUT2D eigenvalue weighted by atomic mass is 9.95. The Kier molecular flexibility index (Phi) is 4.73. The summed E-state index contributed by atoms with van der Waals surface area (Å²) < 4.78 is 1.70. The first-order valence-electron chi connectivity index (χ1n) is 9.49. The Morgan fingerprint density at radius 1 is 1.14 bits per heavy atom. The number of hydrogen-bond donors (Lipinski definition) is 1. The molecule has 3 aromatic rings. The molecule has 144 valence electrons. The first-order valence-corrected chi connectivity index (χ1v) is 9.49. The van der Waals surface area contributed by atoms with Crippen LogP contribution in [0.2, 0.25) is 0 Å². The average molecular weight is 376 g/mol. The van der Waals surface area contributed by atoms with Crippen LogP contribution in [0, 0.1) is 0 Å². The van der Waals surface area contributed by atoms with Gasteiger partial charge in [0.2, 0.25) is 5.95 Å². The number of benzene rings is 1. The third-order valence-corrected chi connectivity index (χ3v) is 5.42. The van der Waals surface area contributed by atoms with Crippen LogP contribution in [0.25, 0.3) is 11.3 Å². The summed E-state index contributed by atoms with van der Waals surface area (Å²) in [5.74, 6) is 0.602. The monoisotopic (exact) mass is 376 g/mol. The quantitative estimate of drug-likeness (QED) is 0.758. The third kappa shape index (κ3) is 3.43. The van der Waals surface area contributed by atoms with E-state index in [0.717, 1.165) is 17.5 Å².